The van der Waals surface area contributed by atoms with Gasteiger partial charge in [-0.2, -0.15) is 4.31 Å². The third kappa shape index (κ3) is 2.41. The molecule has 7 heteroatoms. The van der Waals surface area contributed by atoms with Crippen LogP contribution in [0.5, 0.6) is 0 Å². The van der Waals surface area contributed by atoms with E-state index < -0.39 is 15.8 Å². The van der Waals surface area contributed by atoms with Gasteiger partial charge < -0.3 is 4.74 Å². The smallest absolute Gasteiger partial charge is 0.243 e. The number of rotatable bonds is 2. The van der Waals surface area contributed by atoms with Crippen molar-refractivity contribution in [2.24, 2.45) is 0 Å². The van der Waals surface area contributed by atoms with E-state index in [-0.39, 0.29) is 21.5 Å². The molecule has 0 N–H and O–H groups in total. The highest BCUT2D eigenvalue weighted by Gasteiger charge is 2.42. The quantitative estimate of drug-likeness (QED) is 0.810. The van der Waals surface area contributed by atoms with Gasteiger partial charge in [0.25, 0.3) is 0 Å². The summed E-state index contributed by atoms with van der Waals surface area (Å²) in [5.74, 6) is -0.567. The molecular weight excluding hydrogens is 349 g/mol. The first-order chi connectivity index (χ1) is 9.50. The van der Waals surface area contributed by atoms with Gasteiger partial charge in [-0.3, -0.25) is 0 Å². The standard InChI is InChI=1S/C13H15BrFNO3S/c14-10-5-4-9(8-11(10)15)20(17,18)16-6-7-19-13-3-1-2-12(13)16/h4-5,8,12-13H,1-3,6-7H2. The molecule has 0 aromatic heterocycles. The second-order valence-electron chi connectivity index (χ2n) is 5.10. The minimum absolute atomic E-state index is 0.00532. The van der Waals surface area contributed by atoms with Gasteiger partial charge in [-0.15, -0.1) is 0 Å². The molecule has 110 valence electrons. The van der Waals surface area contributed by atoms with E-state index in [4.69, 9.17) is 4.74 Å². The van der Waals surface area contributed by atoms with E-state index in [0.717, 1.165) is 25.3 Å². The largest absolute Gasteiger partial charge is 0.375 e. The number of morpholine rings is 1. The van der Waals surface area contributed by atoms with Gasteiger partial charge in [0.05, 0.1) is 28.1 Å². The van der Waals surface area contributed by atoms with E-state index >= 15 is 0 Å². The molecule has 0 bridgehead atoms. The zero-order valence-corrected chi connectivity index (χ0v) is 13.2. The fourth-order valence-electron chi connectivity index (χ4n) is 2.96. The van der Waals surface area contributed by atoms with E-state index in [0.29, 0.717) is 13.2 Å². The van der Waals surface area contributed by atoms with E-state index in [9.17, 15) is 12.8 Å². The van der Waals surface area contributed by atoms with Crippen LogP contribution in [0, 0.1) is 5.82 Å². The van der Waals surface area contributed by atoms with Crippen LogP contribution in [0.25, 0.3) is 0 Å². The van der Waals surface area contributed by atoms with Crippen molar-refractivity contribution in [1.29, 1.82) is 0 Å². The van der Waals surface area contributed by atoms with Crippen LogP contribution >= 0.6 is 15.9 Å². The molecule has 20 heavy (non-hydrogen) atoms. The predicted molar refractivity (Wildman–Crippen MR) is 75.4 cm³/mol. The minimum Gasteiger partial charge on any atom is -0.375 e. The monoisotopic (exact) mass is 363 g/mol. The normalized spacial score (nSPS) is 27.5. The summed E-state index contributed by atoms with van der Waals surface area (Å²) >= 11 is 3.03. The summed E-state index contributed by atoms with van der Waals surface area (Å²) in [5, 5.41) is 0. The molecule has 0 radical (unpaired) electrons. The highest BCUT2D eigenvalue weighted by Crippen LogP contribution is 2.33. The Labute approximate surface area is 126 Å². The van der Waals surface area contributed by atoms with Crippen molar-refractivity contribution in [2.45, 2.75) is 36.3 Å². The maximum absolute atomic E-state index is 13.6. The Morgan fingerprint density at radius 3 is 2.90 bits per heavy atom. The van der Waals surface area contributed by atoms with E-state index in [1.54, 1.807) is 0 Å². The molecule has 2 unspecified atom stereocenters. The van der Waals surface area contributed by atoms with Gasteiger partial charge in [-0.1, -0.05) is 0 Å². The topological polar surface area (TPSA) is 46.6 Å². The third-order valence-electron chi connectivity index (χ3n) is 3.93. The lowest BCUT2D eigenvalue weighted by molar-refractivity contribution is -0.0241. The van der Waals surface area contributed by atoms with Gasteiger partial charge >= 0.3 is 0 Å². The second kappa shape index (κ2) is 5.36. The molecule has 4 nitrogen and oxygen atoms in total. The predicted octanol–water partition coefficient (Wildman–Crippen LogP) is 2.53. The Balaban J connectivity index is 1.96. The Bertz CT molecular complexity index is 622. The van der Waals surface area contributed by atoms with Crippen molar-refractivity contribution in [3.8, 4) is 0 Å². The number of sulfonamides is 1. The van der Waals surface area contributed by atoms with Crippen LogP contribution in [0.4, 0.5) is 4.39 Å². The number of benzene rings is 1. The molecule has 1 heterocycles. The number of hydrogen-bond donors (Lipinski definition) is 0. The summed E-state index contributed by atoms with van der Waals surface area (Å²) in [6, 6.07) is 3.82. The summed E-state index contributed by atoms with van der Waals surface area (Å²) in [6.45, 7) is 0.737. The average Bonchev–Trinajstić information content (AvgIpc) is 2.89. The third-order valence-corrected chi connectivity index (χ3v) is 6.49. The van der Waals surface area contributed by atoms with Crippen molar-refractivity contribution in [3.63, 3.8) is 0 Å². The van der Waals surface area contributed by atoms with Crippen LogP contribution in [0.15, 0.2) is 27.6 Å². The van der Waals surface area contributed by atoms with E-state index in [1.807, 2.05) is 0 Å². The summed E-state index contributed by atoms with van der Waals surface area (Å²) in [6.07, 6.45) is 2.66. The lowest BCUT2D eigenvalue weighted by atomic mass is 10.2. The van der Waals surface area contributed by atoms with Gasteiger partial charge in [0.15, 0.2) is 0 Å². The van der Waals surface area contributed by atoms with Crippen LogP contribution in [0.2, 0.25) is 0 Å². The fourth-order valence-corrected chi connectivity index (χ4v) is 4.88. The van der Waals surface area contributed by atoms with E-state index in [2.05, 4.69) is 15.9 Å². The molecule has 2 atom stereocenters. The first kappa shape index (κ1) is 14.4. The second-order valence-corrected chi connectivity index (χ2v) is 7.84. The summed E-state index contributed by atoms with van der Waals surface area (Å²) < 4.78 is 46.3. The number of fused-ring (bicyclic) bond motifs is 1. The lowest BCUT2D eigenvalue weighted by Gasteiger charge is -2.36. The van der Waals surface area contributed by atoms with Crippen molar-refractivity contribution in [2.75, 3.05) is 13.2 Å². The first-order valence-electron chi connectivity index (χ1n) is 6.58. The van der Waals surface area contributed by atoms with Crippen LogP contribution in [0.1, 0.15) is 19.3 Å². The van der Waals surface area contributed by atoms with Gasteiger partial charge in [0, 0.05) is 6.54 Å². The maximum Gasteiger partial charge on any atom is 0.243 e. The molecule has 1 aromatic rings. The Morgan fingerprint density at radius 2 is 2.15 bits per heavy atom. The summed E-state index contributed by atoms with van der Waals surface area (Å²) in [5.41, 5.74) is 0. The van der Waals surface area contributed by atoms with Crippen molar-refractivity contribution < 1.29 is 17.5 Å². The van der Waals surface area contributed by atoms with Crippen LogP contribution in [-0.2, 0) is 14.8 Å². The van der Waals surface area contributed by atoms with E-state index in [1.165, 1.54) is 16.4 Å². The van der Waals surface area contributed by atoms with Gasteiger partial charge in [0.1, 0.15) is 5.82 Å². The Morgan fingerprint density at radius 1 is 1.35 bits per heavy atom. The molecule has 1 aliphatic heterocycles. The highest BCUT2D eigenvalue weighted by molar-refractivity contribution is 9.10. The SMILES string of the molecule is O=S(=O)(c1ccc(Br)c(F)c1)N1CCOC2CCCC21. The maximum atomic E-state index is 13.6. The lowest BCUT2D eigenvalue weighted by Crippen LogP contribution is -2.51. The molecule has 1 aliphatic carbocycles. The Kier molecular flexibility index (Phi) is 3.87. The highest BCUT2D eigenvalue weighted by atomic mass is 79.9. The van der Waals surface area contributed by atoms with Crippen LogP contribution in [0.3, 0.4) is 0 Å². The number of nitrogens with zero attached hydrogens (tertiary/aromatic N) is 1. The molecule has 2 fully saturated rings. The van der Waals surface area contributed by atoms with Crippen LogP contribution < -0.4 is 0 Å². The molecule has 0 amide bonds. The average molecular weight is 364 g/mol. The van der Waals surface area contributed by atoms with Crippen molar-refractivity contribution in [1.82, 2.24) is 4.31 Å². The molecular formula is C13H15BrFNO3S. The molecule has 1 saturated heterocycles. The van der Waals surface area contributed by atoms with Crippen LogP contribution in [-0.4, -0.2) is 38.0 Å². The van der Waals surface area contributed by atoms with Crippen molar-refractivity contribution >= 4 is 26.0 Å². The molecule has 3 rings (SSSR count). The molecule has 1 saturated carbocycles. The molecule has 0 spiro atoms. The first-order valence-corrected chi connectivity index (χ1v) is 8.82. The number of halogens is 2. The molecule has 1 aromatic carbocycles. The summed E-state index contributed by atoms with van der Waals surface area (Å²) in [4.78, 5) is 0.00532. The Hall–Kier alpha value is -0.500. The number of ether oxygens (including phenoxy) is 1. The summed E-state index contributed by atoms with van der Waals surface area (Å²) in [7, 11) is -3.66. The van der Waals surface area contributed by atoms with Gasteiger partial charge in [-0.25, -0.2) is 12.8 Å². The van der Waals surface area contributed by atoms with Gasteiger partial charge in [-0.05, 0) is 53.4 Å². The zero-order valence-electron chi connectivity index (χ0n) is 10.8. The molecule has 2 aliphatic rings. The van der Waals surface area contributed by atoms with Crippen molar-refractivity contribution in [3.05, 3.63) is 28.5 Å². The zero-order chi connectivity index (χ0) is 14.3. The fraction of sp³-hybridized carbons (Fsp3) is 0.538. The minimum atomic E-state index is -3.66. The number of hydrogen-bond acceptors (Lipinski definition) is 3. The van der Waals surface area contributed by atoms with Gasteiger partial charge in [0.2, 0.25) is 10.0 Å².